The first-order chi connectivity index (χ1) is 12.6. The number of nitrogens with zero attached hydrogens (tertiary/aromatic N) is 6. The molecule has 0 aliphatic carbocycles. The molecule has 2 N–H and O–H groups in total. The second-order valence-electron chi connectivity index (χ2n) is 7.48. The van der Waals surface area contributed by atoms with Crippen LogP contribution < -0.4 is 10.6 Å². The number of guanidine groups is 1. The lowest BCUT2D eigenvalue weighted by Crippen LogP contribution is -2.52. The van der Waals surface area contributed by atoms with Gasteiger partial charge >= 0.3 is 0 Å². The van der Waals surface area contributed by atoms with E-state index in [1.165, 1.54) is 0 Å². The molecule has 1 aromatic rings. The summed E-state index contributed by atoms with van der Waals surface area (Å²) in [6.07, 6.45) is 2.93. The standard InChI is InChI=1S/C18H34N8/c1-5-16-22-17-8-7-14(12-26(17)23-16)21-18(19-6-2)20-11-15-13-24(3)9-10-25(15)4/h14-15H,5-13H2,1-4H3,(H2,19,20,21). The zero-order valence-electron chi connectivity index (χ0n) is 16.7. The van der Waals surface area contributed by atoms with Crippen LogP contribution in [0.1, 0.15) is 31.9 Å². The summed E-state index contributed by atoms with van der Waals surface area (Å²) in [5.74, 6) is 2.98. The Hall–Kier alpha value is -1.67. The molecule has 1 fully saturated rings. The Bertz CT molecular complexity index is 610. The van der Waals surface area contributed by atoms with Gasteiger partial charge in [0.15, 0.2) is 11.8 Å². The molecule has 0 bridgehead atoms. The van der Waals surface area contributed by atoms with E-state index in [1.54, 1.807) is 0 Å². The highest BCUT2D eigenvalue weighted by atomic mass is 15.4. The fourth-order valence-corrected chi connectivity index (χ4v) is 3.64. The van der Waals surface area contributed by atoms with E-state index in [2.05, 4.69) is 63.1 Å². The Kier molecular flexibility index (Phi) is 6.48. The molecule has 8 heteroatoms. The van der Waals surface area contributed by atoms with Gasteiger partial charge in [-0.15, -0.1) is 0 Å². The molecule has 8 nitrogen and oxygen atoms in total. The number of rotatable bonds is 5. The van der Waals surface area contributed by atoms with Crippen molar-refractivity contribution in [1.29, 1.82) is 0 Å². The highest BCUT2D eigenvalue weighted by Gasteiger charge is 2.24. The van der Waals surface area contributed by atoms with Crippen LogP contribution in [0.3, 0.4) is 0 Å². The van der Waals surface area contributed by atoms with Crippen LogP contribution in [0.15, 0.2) is 4.99 Å². The minimum Gasteiger partial charge on any atom is -0.357 e. The summed E-state index contributed by atoms with van der Waals surface area (Å²) < 4.78 is 2.06. The van der Waals surface area contributed by atoms with Crippen molar-refractivity contribution in [3.63, 3.8) is 0 Å². The molecule has 2 unspecified atom stereocenters. The highest BCUT2D eigenvalue weighted by molar-refractivity contribution is 5.80. The number of hydrogen-bond donors (Lipinski definition) is 2. The van der Waals surface area contributed by atoms with Crippen molar-refractivity contribution in [2.45, 2.75) is 51.7 Å². The third-order valence-corrected chi connectivity index (χ3v) is 5.34. The van der Waals surface area contributed by atoms with Crippen LogP contribution in [0.2, 0.25) is 0 Å². The predicted octanol–water partition coefficient (Wildman–Crippen LogP) is -0.0438. The van der Waals surface area contributed by atoms with Crippen LogP contribution in [0.5, 0.6) is 0 Å². The van der Waals surface area contributed by atoms with Crippen LogP contribution in [0.4, 0.5) is 0 Å². The molecule has 146 valence electrons. The SMILES string of the molecule is CCNC(=NCC1CN(C)CCN1C)NC1CCc2nc(CC)nn2C1. The maximum absolute atomic E-state index is 4.87. The highest BCUT2D eigenvalue weighted by Crippen LogP contribution is 2.13. The van der Waals surface area contributed by atoms with Gasteiger partial charge in [-0.1, -0.05) is 6.92 Å². The van der Waals surface area contributed by atoms with Crippen molar-refractivity contribution in [2.75, 3.05) is 46.8 Å². The zero-order chi connectivity index (χ0) is 18.5. The Morgan fingerprint density at radius 2 is 2.08 bits per heavy atom. The fourth-order valence-electron chi connectivity index (χ4n) is 3.64. The van der Waals surface area contributed by atoms with Gasteiger partial charge in [-0.05, 0) is 27.4 Å². The number of aliphatic imine (C=N–C) groups is 1. The topological polar surface area (TPSA) is 73.6 Å². The van der Waals surface area contributed by atoms with Gasteiger partial charge in [0, 0.05) is 51.1 Å². The third-order valence-electron chi connectivity index (χ3n) is 5.34. The van der Waals surface area contributed by atoms with Crippen molar-refractivity contribution in [2.24, 2.45) is 4.99 Å². The van der Waals surface area contributed by atoms with Crippen molar-refractivity contribution < 1.29 is 0 Å². The molecule has 1 aromatic heterocycles. The normalized spacial score (nSPS) is 25.2. The fraction of sp³-hybridized carbons (Fsp3) is 0.833. The molecule has 3 rings (SSSR count). The molecule has 0 aromatic carbocycles. The predicted molar refractivity (Wildman–Crippen MR) is 105 cm³/mol. The molecule has 0 spiro atoms. The number of nitrogens with one attached hydrogen (secondary N) is 2. The Morgan fingerprint density at radius 1 is 1.23 bits per heavy atom. The third kappa shape index (κ3) is 4.73. The average Bonchev–Trinajstić information content (AvgIpc) is 3.05. The summed E-state index contributed by atoms with van der Waals surface area (Å²) in [6.45, 7) is 10.1. The van der Waals surface area contributed by atoms with E-state index in [0.717, 1.165) is 76.1 Å². The first-order valence-electron chi connectivity index (χ1n) is 9.95. The monoisotopic (exact) mass is 362 g/mol. The van der Waals surface area contributed by atoms with Crippen LogP contribution >= 0.6 is 0 Å². The second-order valence-corrected chi connectivity index (χ2v) is 7.48. The molecule has 2 atom stereocenters. The van der Waals surface area contributed by atoms with Crippen molar-refractivity contribution >= 4 is 5.96 Å². The number of aryl methyl sites for hydroxylation is 2. The van der Waals surface area contributed by atoms with E-state index < -0.39 is 0 Å². The number of fused-ring (bicyclic) bond motifs is 1. The van der Waals surface area contributed by atoms with Gasteiger partial charge in [0.25, 0.3) is 0 Å². The Labute approximate surface area is 157 Å². The van der Waals surface area contributed by atoms with Crippen LogP contribution in [0, 0.1) is 0 Å². The Balaban J connectivity index is 1.59. The van der Waals surface area contributed by atoms with Gasteiger partial charge in [-0.3, -0.25) is 9.89 Å². The number of likely N-dealkylation sites (N-methyl/N-ethyl adjacent to an activating group) is 2. The maximum Gasteiger partial charge on any atom is 0.191 e. The number of hydrogen-bond acceptors (Lipinski definition) is 5. The quantitative estimate of drug-likeness (QED) is 0.565. The van der Waals surface area contributed by atoms with Gasteiger partial charge in [-0.25, -0.2) is 9.67 Å². The summed E-state index contributed by atoms with van der Waals surface area (Å²) in [4.78, 5) is 14.3. The van der Waals surface area contributed by atoms with Gasteiger partial charge in [0.05, 0.1) is 13.1 Å². The Morgan fingerprint density at radius 3 is 2.85 bits per heavy atom. The van der Waals surface area contributed by atoms with Crippen molar-refractivity contribution in [3.05, 3.63) is 11.6 Å². The summed E-state index contributed by atoms with van der Waals surface area (Å²) in [5, 5.41) is 11.6. The van der Waals surface area contributed by atoms with Gasteiger partial charge in [0.2, 0.25) is 0 Å². The molecular formula is C18H34N8. The lowest BCUT2D eigenvalue weighted by Gasteiger charge is -2.37. The van der Waals surface area contributed by atoms with Crippen LogP contribution in [-0.4, -0.2) is 89.4 Å². The number of piperazine rings is 1. The summed E-state index contributed by atoms with van der Waals surface area (Å²) >= 11 is 0. The van der Waals surface area contributed by atoms with Crippen LogP contribution in [0.25, 0.3) is 0 Å². The molecule has 0 radical (unpaired) electrons. The molecule has 3 heterocycles. The molecule has 1 saturated heterocycles. The molecule has 2 aliphatic rings. The summed E-state index contributed by atoms with van der Waals surface area (Å²) in [5.41, 5.74) is 0. The molecule has 26 heavy (non-hydrogen) atoms. The maximum atomic E-state index is 4.87. The summed E-state index contributed by atoms with van der Waals surface area (Å²) in [7, 11) is 4.39. The lowest BCUT2D eigenvalue weighted by atomic mass is 10.1. The summed E-state index contributed by atoms with van der Waals surface area (Å²) in [6, 6.07) is 0.822. The zero-order valence-corrected chi connectivity index (χ0v) is 16.7. The van der Waals surface area contributed by atoms with Gasteiger partial charge in [-0.2, -0.15) is 5.10 Å². The largest absolute Gasteiger partial charge is 0.357 e. The van der Waals surface area contributed by atoms with Gasteiger partial charge < -0.3 is 15.5 Å². The average molecular weight is 363 g/mol. The lowest BCUT2D eigenvalue weighted by molar-refractivity contribution is 0.119. The van der Waals surface area contributed by atoms with E-state index in [1.807, 2.05) is 0 Å². The molecule has 0 amide bonds. The van der Waals surface area contributed by atoms with E-state index in [4.69, 9.17) is 4.99 Å². The van der Waals surface area contributed by atoms with Crippen molar-refractivity contribution in [3.8, 4) is 0 Å². The molecule has 2 aliphatic heterocycles. The van der Waals surface area contributed by atoms with Gasteiger partial charge in [0.1, 0.15) is 5.82 Å². The van der Waals surface area contributed by atoms with Crippen molar-refractivity contribution in [1.82, 2.24) is 35.2 Å². The van der Waals surface area contributed by atoms with E-state index in [0.29, 0.717) is 12.1 Å². The minimum absolute atomic E-state index is 0.346. The van der Waals surface area contributed by atoms with E-state index in [-0.39, 0.29) is 0 Å². The number of aromatic nitrogens is 3. The van der Waals surface area contributed by atoms with E-state index >= 15 is 0 Å². The first-order valence-corrected chi connectivity index (χ1v) is 9.95. The first kappa shape index (κ1) is 19.1. The second kappa shape index (κ2) is 8.81. The minimum atomic E-state index is 0.346. The molecule has 0 saturated carbocycles. The van der Waals surface area contributed by atoms with E-state index in [9.17, 15) is 0 Å². The molecular weight excluding hydrogens is 328 g/mol. The smallest absolute Gasteiger partial charge is 0.191 e. The van der Waals surface area contributed by atoms with Crippen LogP contribution in [-0.2, 0) is 19.4 Å².